The molecule has 20 atom stereocenters. The molecule has 4 saturated heterocycles. The lowest BCUT2D eigenvalue weighted by molar-refractivity contribution is -0.312. The summed E-state index contributed by atoms with van der Waals surface area (Å²) in [7, 11) is 5.30. The molecule has 10 rings (SSSR count). The number of carboxylic acid groups (broad SMARTS) is 1. The second-order valence-corrected chi connectivity index (χ2v) is 33.7. The van der Waals surface area contributed by atoms with Crippen molar-refractivity contribution < 1.29 is 111 Å². The van der Waals surface area contributed by atoms with E-state index in [-0.39, 0.29) is 129 Å². The third-order valence-electron chi connectivity index (χ3n) is 22.8. The van der Waals surface area contributed by atoms with Gasteiger partial charge in [-0.05, 0) is 153 Å². The summed E-state index contributed by atoms with van der Waals surface area (Å²) in [6.07, 6.45) is 12.3. The van der Waals surface area contributed by atoms with Crippen molar-refractivity contribution in [1.82, 2.24) is 5.32 Å². The van der Waals surface area contributed by atoms with Crippen LogP contribution in [0.1, 0.15) is 192 Å². The summed E-state index contributed by atoms with van der Waals surface area (Å²) in [6, 6.07) is 16.1. The molecule has 114 heavy (non-hydrogen) atoms. The average molecular weight is 1600 g/mol. The zero-order chi connectivity index (χ0) is 83.6. The first-order chi connectivity index (χ1) is 53.9. The van der Waals surface area contributed by atoms with Crippen molar-refractivity contribution in [2.75, 3.05) is 67.5 Å². The number of likely N-dealkylation sites (N-methyl/N-ethyl adjacent to an activating group) is 1. The molecule has 3 aromatic rings. The molecule has 3 aromatic carbocycles. The quantitative estimate of drug-likeness (QED) is 0.0199. The number of hydrogen-bond donors (Lipinski definition) is 6. The summed E-state index contributed by atoms with van der Waals surface area (Å²) in [4.78, 5) is 48.8. The molecule has 24 nitrogen and oxygen atoms in total. The smallest absolute Gasteiger partial charge is 0.335 e. The fraction of sp³-hybridized carbons (Fsp3) is 0.644. The summed E-state index contributed by atoms with van der Waals surface area (Å²) in [5.41, 5.74) is 5.46. The number of esters is 3. The maximum absolute atomic E-state index is 14.4. The van der Waals surface area contributed by atoms with E-state index in [1.807, 2.05) is 119 Å². The minimum absolute atomic E-state index is 0.0411. The van der Waals surface area contributed by atoms with E-state index < -0.39 is 72.3 Å². The van der Waals surface area contributed by atoms with E-state index in [1.54, 1.807) is 63.6 Å². The van der Waals surface area contributed by atoms with Crippen LogP contribution < -0.4 is 5.32 Å². The predicted octanol–water partition coefficient (Wildman–Crippen LogP) is 13.0. The number of carbonyl (C=O) groups excluding carboxylic acids is 3. The van der Waals surface area contributed by atoms with Crippen LogP contribution in [0, 0.1) is 37.5 Å². The molecule has 1 unspecified atom stereocenters. The molecule has 24 heteroatoms. The first-order valence-electron chi connectivity index (χ1n) is 40.7. The second-order valence-electron chi connectivity index (χ2n) is 33.7. The number of allylic oxidation sites excluding steroid dienone is 2. The molecule has 0 aromatic heterocycles. The third kappa shape index (κ3) is 24.7. The van der Waals surface area contributed by atoms with Crippen LogP contribution in [-0.4, -0.2) is 214 Å². The van der Waals surface area contributed by atoms with Crippen molar-refractivity contribution in [2.24, 2.45) is 23.7 Å². The van der Waals surface area contributed by atoms with Crippen LogP contribution in [0.4, 0.5) is 0 Å². The fourth-order valence-electron chi connectivity index (χ4n) is 16.1. The number of rotatable bonds is 25. The molecular weight excluding hydrogens is 1460 g/mol. The van der Waals surface area contributed by atoms with Gasteiger partial charge in [0.05, 0.1) is 87.4 Å². The molecular formula is C90H131NO23. The number of carboxylic acids is 1. The van der Waals surface area contributed by atoms with Gasteiger partial charge < -0.3 is 97.2 Å². The maximum Gasteiger partial charge on any atom is 0.335 e. The summed E-state index contributed by atoms with van der Waals surface area (Å²) < 4.78 is 86.0. The molecule has 4 fully saturated rings. The van der Waals surface area contributed by atoms with Gasteiger partial charge >= 0.3 is 23.9 Å². The Morgan fingerprint density at radius 3 is 1.81 bits per heavy atom. The van der Waals surface area contributed by atoms with E-state index in [0.717, 1.165) is 45.4 Å². The lowest BCUT2D eigenvalue weighted by Gasteiger charge is -2.48. The van der Waals surface area contributed by atoms with Crippen molar-refractivity contribution in [3.63, 3.8) is 0 Å². The number of aliphatic hydroxyl groups excluding tert-OH is 1. The number of hydrogen-bond acceptors (Lipinski definition) is 23. The van der Waals surface area contributed by atoms with Crippen molar-refractivity contribution in [3.8, 4) is 11.5 Å². The number of ether oxygens (including phenoxy) is 14. The number of phenolic OH excluding ortho intramolecular Hbond substituents is 2. The van der Waals surface area contributed by atoms with E-state index in [0.29, 0.717) is 86.4 Å². The molecule has 6 heterocycles. The highest BCUT2D eigenvalue weighted by molar-refractivity contribution is 5.87. The molecule has 0 amide bonds. The molecule has 6 aliphatic heterocycles. The molecule has 1 spiro atoms. The van der Waals surface area contributed by atoms with E-state index in [9.17, 15) is 39.6 Å². The highest BCUT2D eigenvalue weighted by Gasteiger charge is 2.60. The van der Waals surface area contributed by atoms with Gasteiger partial charge in [0.2, 0.25) is 0 Å². The molecule has 1 aliphatic carbocycles. The summed E-state index contributed by atoms with van der Waals surface area (Å²) in [6.45, 7) is 34.0. The van der Waals surface area contributed by atoms with Crippen molar-refractivity contribution in [3.05, 3.63) is 153 Å². The van der Waals surface area contributed by atoms with Gasteiger partial charge in [-0.2, -0.15) is 0 Å². The van der Waals surface area contributed by atoms with Crippen LogP contribution in [0.3, 0.4) is 0 Å². The molecule has 634 valence electrons. The molecule has 6 N–H and O–H groups in total. The van der Waals surface area contributed by atoms with Crippen molar-refractivity contribution >= 4 is 23.9 Å². The van der Waals surface area contributed by atoms with Gasteiger partial charge in [-0.1, -0.05) is 155 Å². The van der Waals surface area contributed by atoms with Crippen molar-refractivity contribution in [2.45, 2.75) is 283 Å². The van der Waals surface area contributed by atoms with Crippen LogP contribution >= 0.6 is 0 Å². The number of nitrogens with one attached hydrogen (secondary N) is 1. The monoisotopic (exact) mass is 1590 g/mol. The van der Waals surface area contributed by atoms with Crippen LogP contribution in [0.2, 0.25) is 0 Å². The zero-order valence-corrected chi connectivity index (χ0v) is 70.7. The fourth-order valence-corrected chi connectivity index (χ4v) is 16.1. The Bertz CT molecular complexity index is 3710. The van der Waals surface area contributed by atoms with Gasteiger partial charge in [-0.3, -0.25) is 14.4 Å². The topological polar surface area (TPSA) is 311 Å². The van der Waals surface area contributed by atoms with Crippen LogP contribution in [0.15, 0.2) is 114 Å². The molecule has 0 saturated carbocycles. The number of carbonyl (C=O) groups is 4. The molecule has 2 bridgehead atoms. The van der Waals surface area contributed by atoms with E-state index in [2.05, 4.69) is 52.1 Å². The number of aliphatic hydroxyl groups is 2. The average Bonchev–Trinajstić information content (AvgIpc) is 1.54. The number of fused-ring (bicyclic) bond motifs is 2. The number of aryl methyl sites for hydroxylation is 4. The lowest BCUT2D eigenvalue weighted by atomic mass is 9.71. The summed E-state index contributed by atoms with van der Waals surface area (Å²) in [5, 5.41) is 56.2. The standard InChI is InChI=1S/C49H75NO13.C34H50O8.C7H6O2/c1-12-26(2)44-29(5)18-19-48(63-44)24-35-21-34(62-48)17-16-28(4)43(27(3)14-13-15-33-25-56-46-42(51)30(6)20-36(47(52)59-35)49(33,46)53)60-40-23-38(55-11)45(32(8)58-40)61-39-22-37(54-10)41(50-9)31(7)57-39;1-23-19-25(21-27(31(23)37)33(3,4)5)9-11-29(35)41-17-15-39-13-14-40-16-18-42-30(36)12-10-26-20-24(2)32(38)28(22-26)34(6,7)8;8-7(9)6-4-2-1-3-5-6/h13-16,18-20,26-27,29,31-32,34-46,50-51,53H,12,17,21-25H2,1-11H3;19-22,37-38H,9-18H2,1-8H3;1-5H,(H,8,9)/b14-13+,28-16+,33-15+;;/t26?,27-,29-,31-,32-,34+,35-,36-,37-,38-,39-,40-,41+,42+,43-,44+,45-,46+,48+,49+;;/m0../s1. The largest absolute Gasteiger partial charge is 0.507 e. The van der Waals surface area contributed by atoms with Gasteiger partial charge in [-0.15, -0.1) is 0 Å². The molecule has 7 aliphatic rings. The minimum atomic E-state index is -1.83. The van der Waals surface area contributed by atoms with Crippen LogP contribution in [-0.2, 0) is 104 Å². The van der Waals surface area contributed by atoms with E-state index in [1.165, 1.54) is 0 Å². The van der Waals surface area contributed by atoms with Crippen molar-refractivity contribution in [1.29, 1.82) is 0 Å². The molecule has 0 radical (unpaired) electrons. The number of benzene rings is 3. The number of aromatic carboxylic acids is 1. The Balaban J connectivity index is 0.000000274. The van der Waals surface area contributed by atoms with E-state index >= 15 is 0 Å². The Morgan fingerprint density at radius 1 is 0.702 bits per heavy atom. The highest BCUT2D eigenvalue weighted by Crippen LogP contribution is 2.48. The Morgan fingerprint density at radius 2 is 1.26 bits per heavy atom. The Labute approximate surface area is 675 Å². The number of methoxy groups -OCH3 is 2. The zero-order valence-electron chi connectivity index (χ0n) is 70.7. The van der Waals surface area contributed by atoms with Gasteiger partial charge in [0.25, 0.3) is 0 Å². The number of aromatic hydroxyl groups is 2. The minimum Gasteiger partial charge on any atom is -0.507 e. The second kappa shape index (κ2) is 42.1. The van der Waals surface area contributed by atoms with Gasteiger partial charge in [0.1, 0.15) is 60.6 Å². The SMILES string of the molecule is CCC(C)[C@H]1O[C@]2(C=C[C@@H]1C)C[C@@H]1C[C@@H](C/C=C(\C)[C@@H](O[C@H]3C[C@H](OC)[C@@H](O[C@H]4C[C@H](OC)[C@H](NC)[C@H](C)O4)[C@H](C)O3)[C@@H](C)/C=C/C=C3\CO[C@@H]4[C@H](O)C(C)=C[C@@H](C(=O)O1)[C@]34O)O2.Cc1cc(CCC(=O)OCCOCCOCCOC(=O)CCc2cc(C)c(O)c(C(C)(C)C)c2)cc(C(C)(C)C)c1O.O=C(O)c1ccccc1. The first-order valence-corrected chi connectivity index (χ1v) is 40.7. The summed E-state index contributed by atoms with van der Waals surface area (Å²) in [5.74, 6) is -3.36. The third-order valence-corrected chi connectivity index (χ3v) is 22.8. The predicted molar refractivity (Wildman–Crippen MR) is 431 cm³/mol. The Kier molecular flexibility index (Phi) is 34.3. The number of phenols is 2. The normalized spacial score (nSPS) is 31.9. The lowest BCUT2D eigenvalue weighted by Crippen LogP contribution is -2.58. The van der Waals surface area contributed by atoms with Gasteiger partial charge in [-0.25, -0.2) is 4.79 Å². The maximum atomic E-state index is 14.4. The first kappa shape index (κ1) is 92.8. The van der Waals surface area contributed by atoms with Crippen LogP contribution in [0.5, 0.6) is 11.5 Å². The Hall–Kier alpha value is -6.72. The van der Waals surface area contributed by atoms with Gasteiger partial charge in [0.15, 0.2) is 18.4 Å². The van der Waals surface area contributed by atoms with Crippen LogP contribution in [0.25, 0.3) is 0 Å². The van der Waals surface area contributed by atoms with E-state index in [4.69, 9.17) is 71.4 Å². The summed E-state index contributed by atoms with van der Waals surface area (Å²) >= 11 is 0. The van der Waals surface area contributed by atoms with Gasteiger partial charge in [0, 0.05) is 64.6 Å². The highest BCUT2D eigenvalue weighted by atomic mass is 16.7.